The van der Waals surface area contributed by atoms with Crippen LogP contribution in [-0.4, -0.2) is 27.1 Å². The minimum Gasteiger partial charge on any atom is -0.324 e. The van der Waals surface area contributed by atoms with E-state index in [1.54, 1.807) is 30.3 Å². The van der Waals surface area contributed by atoms with E-state index in [9.17, 15) is 13.2 Å². The van der Waals surface area contributed by atoms with Gasteiger partial charge in [-0.1, -0.05) is 11.6 Å². The van der Waals surface area contributed by atoms with Gasteiger partial charge in [0.25, 0.3) is 0 Å². The van der Waals surface area contributed by atoms with Crippen LogP contribution in [0, 0.1) is 10.5 Å². The van der Waals surface area contributed by atoms with Gasteiger partial charge < -0.3 is 5.32 Å². The Morgan fingerprint density at radius 2 is 1.83 bits per heavy atom. The van der Waals surface area contributed by atoms with Gasteiger partial charge in [-0.2, -0.15) is 0 Å². The molecule has 2 rings (SSSR count). The molecule has 0 unspecified atom stereocenters. The molecule has 0 saturated heterocycles. The lowest BCUT2D eigenvalue weighted by Gasteiger charge is -2.22. The van der Waals surface area contributed by atoms with Crippen molar-refractivity contribution < 1.29 is 13.2 Å². The Bertz CT molecular complexity index is 854. The van der Waals surface area contributed by atoms with Gasteiger partial charge in [0.05, 0.1) is 11.9 Å². The maximum Gasteiger partial charge on any atom is 0.245 e. The van der Waals surface area contributed by atoms with Crippen LogP contribution in [0.4, 0.5) is 11.4 Å². The highest BCUT2D eigenvalue weighted by atomic mass is 127. The highest BCUT2D eigenvalue weighted by Gasteiger charge is 2.21. The second kappa shape index (κ2) is 7.71. The molecule has 1 amide bonds. The van der Waals surface area contributed by atoms with Crippen LogP contribution >= 0.6 is 34.2 Å². The summed E-state index contributed by atoms with van der Waals surface area (Å²) in [6.07, 6.45) is 1.06. The van der Waals surface area contributed by atoms with E-state index in [1.807, 2.05) is 19.1 Å². The number of sulfonamides is 1. The molecule has 0 bridgehead atoms. The SMILES string of the molecule is Cc1cc(I)ccc1NC(=O)CN(c1ccc(Cl)cc1)S(C)(=O)=O. The highest BCUT2D eigenvalue weighted by Crippen LogP contribution is 2.21. The molecule has 1 N–H and O–H groups in total. The molecular weight excluding hydrogens is 463 g/mol. The third-order valence-corrected chi connectivity index (χ3v) is 5.33. The fourth-order valence-electron chi connectivity index (χ4n) is 2.09. The molecule has 24 heavy (non-hydrogen) atoms. The summed E-state index contributed by atoms with van der Waals surface area (Å²) in [5, 5.41) is 3.24. The van der Waals surface area contributed by atoms with Crippen molar-refractivity contribution >= 4 is 61.5 Å². The van der Waals surface area contributed by atoms with Gasteiger partial charge in [0.2, 0.25) is 15.9 Å². The van der Waals surface area contributed by atoms with Gasteiger partial charge in [-0.3, -0.25) is 9.10 Å². The average molecular weight is 479 g/mol. The first-order valence-corrected chi connectivity index (χ1v) is 10.3. The van der Waals surface area contributed by atoms with Crippen LogP contribution in [0.15, 0.2) is 42.5 Å². The van der Waals surface area contributed by atoms with Crippen molar-refractivity contribution in [1.29, 1.82) is 0 Å². The first-order chi connectivity index (χ1) is 11.2. The number of carbonyl (C=O) groups excluding carboxylic acids is 1. The lowest BCUT2D eigenvalue weighted by atomic mass is 10.2. The van der Waals surface area contributed by atoms with E-state index in [4.69, 9.17) is 11.6 Å². The lowest BCUT2D eigenvalue weighted by Crippen LogP contribution is -2.37. The molecule has 0 aliphatic heterocycles. The number of hydrogen-bond donors (Lipinski definition) is 1. The molecule has 0 saturated carbocycles. The number of nitrogens with one attached hydrogen (secondary N) is 1. The second-order valence-electron chi connectivity index (χ2n) is 5.25. The largest absolute Gasteiger partial charge is 0.324 e. The summed E-state index contributed by atoms with van der Waals surface area (Å²) < 4.78 is 26.2. The number of rotatable bonds is 5. The number of anilines is 2. The Labute approximate surface area is 160 Å². The third-order valence-electron chi connectivity index (χ3n) is 3.26. The van der Waals surface area contributed by atoms with Crippen molar-refractivity contribution in [3.8, 4) is 0 Å². The van der Waals surface area contributed by atoms with E-state index < -0.39 is 15.9 Å². The van der Waals surface area contributed by atoms with Crippen LogP contribution < -0.4 is 9.62 Å². The van der Waals surface area contributed by atoms with Crippen molar-refractivity contribution in [1.82, 2.24) is 0 Å². The number of halogens is 2. The molecule has 2 aromatic rings. The van der Waals surface area contributed by atoms with Crippen LogP contribution in [-0.2, 0) is 14.8 Å². The zero-order chi connectivity index (χ0) is 17.9. The van der Waals surface area contributed by atoms with Crippen molar-refractivity contribution in [2.45, 2.75) is 6.92 Å². The molecule has 0 spiro atoms. The molecule has 0 fully saturated rings. The molecule has 0 atom stereocenters. The topological polar surface area (TPSA) is 66.5 Å². The van der Waals surface area contributed by atoms with E-state index in [1.165, 1.54) is 0 Å². The summed E-state index contributed by atoms with van der Waals surface area (Å²) in [6.45, 7) is 1.57. The van der Waals surface area contributed by atoms with Gasteiger partial charge in [0.15, 0.2) is 0 Å². The quantitative estimate of drug-likeness (QED) is 0.667. The van der Waals surface area contributed by atoms with Gasteiger partial charge in [0.1, 0.15) is 6.54 Å². The Morgan fingerprint density at radius 3 is 2.38 bits per heavy atom. The fraction of sp³-hybridized carbons (Fsp3) is 0.188. The van der Waals surface area contributed by atoms with E-state index in [0.29, 0.717) is 16.4 Å². The number of carbonyl (C=O) groups is 1. The molecule has 0 radical (unpaired) electrons. The van der Waals surface area contributed by atoms with Crippen LogP contribution in [0.25, 0.3) is 0 Å². The Hall–Kier alpha value is -1.32. The normalized spacial score (nSPS) is 11.2. The highest BCUT2D eigenvalue weighted by molar-refractivity contribution is 14.1. The zero-order valence-corrected chi connectivity index (χ0v) is 16.8. The molecule has 5 nitrogen and oxygen atoms in total. The smallest absolute Gasteiger partial charge is 0.245 e. The number of amides is 1. The van der Waals surface area contributed by atoms with Crippen molar-refractivity contribution in [3.63, 3.8) is 0 Å². The van der Waals surface area contributed by atoms with Crippen LogP contribution in [0.2, 0.25) is 5.02 Å². The molecule has 8 heteroatoms. The van der Waals surface area contributed by atoms with Gasteiger partial charge in [-0.05, 0) is 77.5 Å². The molecule has 0 heterocycles. The Kier molecular flexibility index (Phi) is 6.11. The van der Waals surface area contributed by atoms with Crippen molar-refractivity contribution in [3.05, 3.63) is 56.6 Å². The van der Waals surface area contributed by atoms with E-state index in [2.05, 4.69) is 27.9 Å². The molecule has 0 aromatic heterocycles. The molecule has 0 aliphatic carbocycles. The van der Waals surface area contributed by atoms with Crippen LogP contribution in [0.5, 0.6) is 0 Å². The van der Waals surface area contributed by atoms with Crippen molar-refractivity contribution in [2.24, 2.45) is 0 Å². The summed E-state index contributed by atoms with van der Waals surface area (Å²) in [7, 11) is -3.61. The van der Waals surface area contributed by atoms with Crippen LogP contribution in [0.1, 0.15) is 5.56 Å². The molecule has 0 aliphatic rings. The summed E-state index contributed by atoms with van der Waals surface area (Å²) in [4.78, 5) is 12.3. The van der Waals surface area contributed by atoms with E-state index in [-0.39, 0.29) is 6.54 Å². The molecule has 2 aromatic carbocycles. The summed E-state index contributed by atoms with van der Waals surface area (Å²) in [5.41, 5.74) is 1.95. The van der Waals surface area contributed by atoms with Crippen molar-refractivity contribution in [2.75, 3.05) is 22.4 Å². The number of hydrogen-bond acceptors (Lipinski definition) is 3. The maximum atomic E-state index is 12.3. The van der Waals surface area contributed by atoms with Gasteiger partial charge in [-0.15, -0.1) is 0 Å². The van der Waals surface area contributed by atoms with E-state index >= 15 is 0 Å². The minimum atomic E-state index is -3.61. The monoisotopic (exact) mass is 478 g/mol. The summed E-state index contributed by atoms with van der Waals surface area (Å²) in [6, 6.07) is 11.9. The maximum absolute atomic E-state index is 12.3. The molecule has 128 valence electrons. The fourth-order valence-corrected chi connectivity index (χ4v) is 3.72. The average Bonchev–Trinajstić information content (AvgIpc) is 2.48. The third kappa shape index (κ3) is 5.09. The lowest BCUT2D eigenvalue weighted by molar-refractivity contribution is -0.114. The molecular formula is C16H16ClIN2O3S. The van der Waals surface area contributed by atoms with Crippen LogP contribution in [0.3, 0.4) is 0 Å². The Balaban J connectivity index is 2.20. The number of nitrogens with zero attached hydrogens (tertiary/aromatic N) is 1. The minimum absolute atomic E-state index is 0.314. The number of aryl methyl sites for hydroxylation is 1. The predicted octanol–water partition coefficient (Wildman–Crippen LogP) is 3.66. The second-order valence-corrected chi connectivity index (χ2v) is 8.84. The van der Waals surface area contributed by atoms with Gasteiger partial charge >= 0.3 is 0 Å². The van der Waals surface area contributed by atoms with Gasteiger partial charge in [-0.25, -0.2) is 8.42 Å². The van der Waals surface area contributed by atoms with Gasteiger partial charge in [0, 0.05) is 14.3 Å². The first-order valence-electron chi connectivity index (χ1n) is 6.96. The standard InChI is InChI=1S/C16H16ClIN2O3S/c1-11-9-13(18)5-8-15(11)19-16(21)10-20(24(2,22)23)14-6-3-12(17)4-7-14/h3-9H,10H2,1-2H3,(H,19,21). The van der Waals surface area contributed by atoms with E-state index in [0.717, 1.165) is 19.7 Å². The predicted molar refractivity (Wildman–Crippen MR) is 106 cm³/mol. The summed E-state index contributed by atoms with van der Waals surface area (Å²) >= 11 is 8.01. The summed E-state index contributed by atoms with van der Waals surface area (Å²) in [5.74, 6) is -0.417. The Morgan fingerprint density at radius 1 is 1.21 bits per heavy atom. The number of benzene rings is 2. The first kappa shape index (κ1) is 19.0. The zero-order valence-electron chi connectivity index (χ0n) is 13.1.